The van der Waals surface area contributed by atoms with Gasteiger partial charge in [-0.1, -0.05) is 36.4 Å². The van der Waals surface area contributed by atoms with Crippen LogP contribution in [0.25, 0.3) is 0 Å². The molecule has 26 heavy (non-hydrogen) atoms. The Morgan fingerprint density at radius 3 is 1.50 bits per heavy atom. The van der Waals surface area contributed by atoms with Crippen molar-refractivity contribution in [1.29, 1.82) is 0 Å². The highest BCUT2D eigenvalue weighted by Crippen LogP contribution is 2.29. The van der Waals surface area contributed by atoms with Crippen LogP contribution in [0.3, 0.4) is 0 Å². The maximum absolute atomic E-state index is 12.6. The van der Waals surface area contributed by atoms with Crippen molar-refractivity contribution in [2.24, 2.45) is 0 Å². The summed E-state index contributed by atoms with van der Waals surface area (Å²) in [5, 5.41) is 0. The minimum atomic E-state index is -4.32. The van der Waals surface area contributed by atoms with Gasteiger partial charge < -0.3 is 0 Å². The van der Waals surface area contributed by atoms with Gasteiger partial charge in [0.15, 0.2) is 9.84 Å². The van der Waals surface area contributed by atoms with Gasteiger partial charge in [-0.25, -0.2) is 8.42 Å². The van der Waals surface area contributed by atoms with E-state index < -0.39 is 26.3 Å². The van der Waals surface area contributed by atoms with E-state index in [2.05, 4.69) is 0 Å². The number of hydrogen-bond acceptors (Lipinski definition) is 2. The number of sulfone groups is 1. The first-order chi connectivity index (χ1) is 11.9. The third-order valence-electron chi connectivity index (χ3n) is 4.30. The van der Waals surface area contributed by atoms with E-state index in [1.807, 2.05) is 12.1 Å². The van der Waals surface area contributed by atoms with Crippen LogP contribution in [0.1, 0.15) is 43.0 Å². The van der Waals surface area contributed by atoms with Crippen LogP contribution in [0.15, 0.2) is 48.5 Å². The molecule has 0 spiro atoms. The van der Waals surface area contributed by atoms with Crippen LogP contribution in [0.2, 0.25) is 0 Å². The number of rotatable bonds is 5. The van der Waals surface area contributed by atoms with Gasteiger partial charge in [0, 0.05) is 0 Å². The smallest absolute Gasteiger partial charge is 0.228 e. The Morgan fingerprint density at radius 2 is 1.12 bits per heavy atom. The van der Waals surface area contributed by atoms with E-state index in [1.165, 1.54) is 12.1 Å². The molecule has 0 aliphatic rings. The number of aryl methyl sites for hydroxylation is 2. The summed E-state index contributed by atoms with van der Waals surface area (Å²) in [7, 11) is -3.23. The molecule has 0 aliphatic heterocycles. The average Bonchev–Trinajstić information content (AvgIpc) is 2.52. The highest BCUT2D eigenvalue weighted by molar-refractivity contribution is 7.91. The molecule has 142 valence electrons. The molecule has 0 saturated heterocycles. The SMILES string of the molecule is CC(C)(C)S(=O)(=O)Cc1ccc(CCc2ccc(C(F)(F)F)cc2)cc1. The molecule has 0 aliphatic carbocycles. The predicted molar refractivity (Wildman–Crippen MR) is 97.7 cm³/mol. The van der Waals surface area contributed by atoms with E-state index >= 15 is 0 Å². The molecule has 0 bridgehead atoms. The molecule has 0 unspecified atom stereocenters. The summed E-state index contributed by atoms with van der Waals surface area (Å²) in [6, 6.07) is 12.5. The van der Waals surface area contributed by atoms with Crippen LogP contribution in [0, 0.1) is 0 Å². The van der Waals surface area contributed by atoms with Gasteiger partial charge in [0.05, 0.1) is 16.1 Å². The first-order valence-corrected chi connectivity index (χ1v) is 10.00. The maximum Gasteiger partial charge on any atom is 0.416 e. The van der Waals surface area contributed by atoms with Crippen molar-refractivity contribution >= 4 is 9.84 Å². The quantitative estimate of drug-likeness (QED) is 0.710. The molecule has 2 aromatic carbocycles. The van der Waals surface area contributed by atoms with Crippen LogP contribution in [-0.2, 0) is 34.6 Å². The Balaban J connectivity index is 1.98. The summed E-state index contributed by atoms with van der Waals surface area (Å²) in [5.41, 5.74) is 1.93. The van der Waals surface area contributed by atoms with E-state index in [4.69, 9.17) is 0 Å². The second-order valence-corrected chi connectivity index (χ2v) is 10.1. The standard InChI is InChI=1S/C20H23F3O2S/c1-19(2,3)26(24,25)14-17-8-6-15(7-9-17)4-5-16-10-12-18(13-11-16)20(21,22)23/h6-13H,4-5,14H2,1-3H3. The molecule has 0 saturated carbocycles. The summed E-state index contributed by atoms with van der Waals surface area (Å²) in [4.78, 5) is 0. The van der Waals surface area contributed by atoms with Gasteiger partial charge in [-0.15, -0.1) is 0 Å². The lowest BCUT2D eigenvalue weighted by Gasteiger charge is -2.19. The number of hydrogen-bond donors (Lipinski definition) is 0. The second kappa shape index (κ2) is 7.43. The monoisotopic (exact) mass is 384 g/mol. The highest BCUT2D eigenvalue weighted by Gasteiger charge is 2.30. The fourth-order valence-corrected chi connectivity index (χ4v) is 3.45. The third-order valence-corrected chi connectivity index (χ3v) is 6.88. The van der Waals surface area contributed by atoms with Crippen LogP contribution in [-0.4, -0.2) is 13.2 Å². The van der Waals surface area contributed by atoms with Gasteiger partial charge in [0.1, 0.15) is 0 Å². The minimum absolute atomic E-state index is 0.00428. The molecule has 6 heteroatoms. The fraction of sp³-hybridized carbons (Fsp3) is 0.400. The highest BCUT2D eigenvalue weighted by atomic mass is 32.2. The lowest BCUT2D eigenvalue weighted by molar-refractivity contribution is -0.137. The number of halogens is 3. The van der Waals surface area contributed by atoms with E-state index in [0.717, 1.165) is 28.8 Å². The molecule has 0 radical (unpaired) electrons. The minimum Gasteiger partial charge on any atom is -0.228 e. The van der Waals surface area contributed by atoms with Crippen molar-refractivity contribution in [3.05, 3.63) is 70.8 Å². The van der Waals surface area contributed by atoms with E-state index in [1.54, 1.807) is 32.9 Å². The normalized spacial score (nSPS) is 13.0. The first-order valence-electron chi connectivity index (χ1n) is 8.35. The predicted octanol–water partition coefficient (Wildman–Crippen LogP) is 5.20. The largest absolute Gasteiger partial charge is 0.416 e. The molecular formula is C20H23F3O2S. The summed E-state index contributed by atoms with van der Waals surface area (Å²) in [5.74, 6) is -0.00428. The Hall–Kier alpha value is -1.82. The zero-order valence-electron chi connectivity index (χ0n) is 15.1. The molecule has 2 aromatic rings. The van der Waals surface area contributed by atoms with Crippen molar-refractivity contribution in [2.75, 3.05) is 0 Å². The first kappa shape index (κ1) is 20.5. The van der Waals surface area contributed by atoms with E-state index in [-0.39, 0.29) is 5.75 Å². The molecule has 0 amide bonds. The molecule has 2 nitrogen and oxygen atoms in total. The summed E-state index contributed by atoms with van der Waals surface area (Å²) < 4.78 is 61.3. The Labute approximate surface area is 153 Å². The topological polar surface area (TPSA) is 34.1 Å². The van der Waals surface area contributed by atoms with Gasteiger partial charge in [0.25, 0.3) is 0 Å². The van der Waals surface area contributed by atoms with Crippen molar-refractivity contribution in [1.82, 2.24) is 0 Å². The molecular weight excluding hydrogens is 361 g/mol. The molecule has 2 rings (SSSR count). The van der Waals surface area contributed by atoms with Gasteiger partial charge in [-0.3, -0.25) is 0 Å². The Kier molecular flexibility index (Phi) is 5.85. The zero-order valence-corrected chi connectivity index (χ0v) is 15.9. The molecule has 0 aromatic heterocycles. The van der Waals surface area contributed by atoms with Crippen molar-refractivity contribution in [3.63, 3.8) is 0 Å². The number of benzene rings is 2. The fourth-order valence-electron chi connectivity index (χ4n) is 2.39. The Morgan fingerprint density at radius 1 is 0.731 bits per heavy atom. The number of alkyl halides is 3. The van der Waals surface area contributed by atoms with Crippen LogP contribution < -0.4 is 0 Å². The van der Waals surface area contributed by atoms with Crippen molar-refractivity contribution < 1.29 is 21.6 Å². The van der Waals surface area contributed by atoms with E-state index in [0.29, 0.717) is 12.8 Å². The summed E-state index contributed by atoms with van der Waals surface area (Å²) >= 11 is 0. The molecule has 0 fully saturated rings. The zero-order chi connectivity index (χ0) is 19.6. The van der Waals surface area contributed by atoms with E-state index in [9.17, 15) is 21.6 Å². The average molecular weight is 384 g/mol. The van der Waals surface area contributed by atoms with Crippen molar-refractivity contribution in [2.45, 2.75) is 50.3 Å². The van der Waals surface area contributed by atoms with Gasteiger partial charge in [-0.05, 0) is 62.4 Å². The molecule has 0 N–H and O–H groups in total. The molecule has 0 atom stereocenters. The Bertz CT molecular complexity index is 829. The summed E-state index contributed by atoms with van der Waals surface area (Å²) in [6.07, 6.45) is -3.02. The van der Waals surface area contributed by atoms with Crippen LogP contribution in [0.4, 0.5) is 13.2 Å². The third kappa shape index (κ3) is 5.34. The van der Waals surface area contributed by atoms with Gasteiger partial charge in [-0.2, -0.15) is 13.2 Å². The maximum atomic E-state index is 12.6. The van der Waals surface area contributed by atoms with Crippen LogP contribution in [0.5, 0.6) is 0 Å². The lowest BCUT2D eigenvalue weighted by Crippen LogP contribution is -2.29. The van der Waals surface area contributed by atoms with Gasteiger partial charge in [0.2, 0.25) is 0 Å². The summed E-state index contributed by atoms with van der Waals surface area (Å²) in [6.45, 7) is 5.04. The lowest BCUT2D eigenvalue weighted by atomic mass is 10.0. The van der Waals surface area contributed by atoms with Gasteiger partial charge >= 0.3 is 6.18 Å². The second-order valence-electron chi connectivity index (χ2n) is 7.38. The van der Waals surface area contributed by atoms with Crippen LogP contribution >= 0.6 is 0 Å². The van der Waals surface area contributed by atoms with Crippen molar-refractivity contribution in [3.8, 4) is 0 Å². The molecule has 0 heterocycles.